The molecule has 0 unspecified atom stereocenters. The van der Waals surface area contributed by atoms with Crippen LogP contribution < -0.4 is 0 Å². The van der Waals surface area contributed by atoms with Gasteiger partial charge in [0.05, 0.1) is 5.56 Å². The first-order chi connectivity index (χ1) is 9.49. The van der Waals surface area contributed by atoms with Crippen LogP contribution in [-0.4, -0.2) is 16.9 Å². The summed E-state index contributed by atoms with van der Waals surface area (Å²) >= 11 is 0. The highest BCUT2D eigenvalue weighted by molar-refractivity contribution is 5.87. The molecule has 0 saturated heterocycles. The maximum Gasteiger partial charge on any atom is 0.335 e. The summed E-state index contributed by atoms with van der Waals surface area (Å²) in [5.74, 6) is 0.221. The van der Waals surface area contributed by atoms with E-state index in [9.17, 15) is 9.59 Å². The molecule has 110 valence electrons. The van der Waals surface area contributed by atoms with Crippen LogP contribution in [0.1, 0.15) is 61.4 Å². The van der Waals surface area contributed by atoms with Crippen molar-refractivity contribution in [2.75, 3.05) is 0 Å². The molecular formula is C17H24O3. The van der Waals surface area contributed by atoms with E-state index in [-0.39, 0.29) is 0 Å². The molecule has 0 atom stereocenters. The number of ketones is 1. The van der Waals surface area contributed by atoms with Crippen molar-refractivity contribution in [2.24, 2.45) is 5.92 Å². The normalized spacial score (nSPS) is 15.1. The minimum Gasteiger partial charge on any atom is -0.478 e. The highest BCUT2D eigenvalue weighted by Crippen LogP contribution is 2.26. The first kappa shape index (κ1) is 16.4. The smallest absolute Gasteiger partial charge is 0.335 e. The number of carboxylic acid groups (broad SMARTS) is 1. The SMILES string of the molecule is CC(=O)CC1CCCCC1.Cc1ccc(C(=O)O)cc1. The lowest BCUT2D eigenvalue weighted by atomic mass is 9.86. The molecule has 0 heterocycles. The van der Waals surface area contributed by atoms with Gasteiger partial charge >= 0.3 is 5.97 Å². The van der Waals surface area contributed by atoms with Crippen molar-refractivity contribution in [1.82, 2.24) is 0 Å². The first-order valence-electron chi connectivity index (χ1n) is 7.28. The fraction of sp³-hybridized carbons (Fsp3) is 0.529. The summed E-state index contributed by atoms with van der Waals surface area (Å²) in [4.78, 5) is 21.0. The number of hydrogen-bond acceptors (Lipinski definition) is 2. The topological polar surface area (TPSA) is 54.4 Å². The van der Waals surface area contributed by atoms with Crippen molar-refractivity contribution in [1.29, 1.82) is 0 Å². The molecule has 0 radical (unpaired) electrons. The van der Waals surface area contributed by atoms with Crippen LogP contribution in [0.5, 0.6) is 0 Å². The number of rotatable bonds is 3. The lowest BCUT2D eigenvalue weighted by Gasteiger charge is -2.19. The Morgan fingerprint density at radius 3 is 2.10 bits per heavy atom. The summed E-state index contributed by atoms with van der Waals surface area (Å²) in [5.41, 5.74) is 1.41. The molecule has 1 saturated carbocycles. The van der Waals surface area contributed by atoms with Gasteiger partial charge < -0.3 is 9.90 Å². The lowest BCUT2D eigenvalue weighted by molar-refractivity contribution is -0.118. The molecule has 2 rings (SSSR count). The highest BCUT2D eigenvalue weighted by Gasteiger charge is 2.14. The van der Waals surface area contributed by atoms with Gasteiger partial charge in [0, 0.05) is 6.42 Å². The second-order valence-corrected chi connectivity index (χ2v) is 5.58. The molecule has 3 nitrogen and oxygen atoms in total. The van der Waals surface area contributed by atoms with E-state index in [1.165, 1.54) is 32.1 Å². The molecule has 0 spiro atoms. The van der Waals surface area contributed by atoms with Crippen molar-refractivity contribution in [3.8, 4) is 0 Å². The molecule has 0 aliphatic heterocycles. The zero-order chi connectivity index (χ0) is 15.0. The summed E-state index contributed by atoms with van der Waals surface area (Å²) in [6, 6.07) is 6.75. The average molecular weight is 276 g/mol. The minimum atomic E-state index is -0.875. The molecular weight excluding hydrogens is 252 g/mol. The molecule has 1 fully saturated rings. The highest BCUT2D eigenvalue weighted by atomic mass is 16.4. The minimum absolute atomic E-state index is 0.339. The Bertz CT molecular complexity index is 428. The summed E-state index contributed by atoms with van der Waals surface area (Å²) in [6.45, 7) is 3.63. The van der Waals surface area contributed by atoms with E-state index in [0.29, 0.717) is 11.3 Å². The number of aromatic carboxylic acids is 1. The van der Waals surface area contributed by atoms with Gasteiger partial charge in [-0.2, -0.15) is 0 Å². The van der Waals surface area contributed by atoms with Gasteiger partial charge in [-0.1, -0.05) is 49.8 Å². The Labute approximate surface area is 121 Å². The summed E-state index contributed by atoms with van der Waals surface area (Å²) in [7, 11) is 0. The molecule has 1 aromatic carbocycles. The fourth-order valence-electron chi connectivity index (χ4n) is 2.49. The zero-order valence-electron chi connectivity index (χ0n) is 12.4. The van der Waals surface area contributed by atoms with Gasteiger partial charge in [0.15, 0.2) is 0 Å². The molecule has 1 aliphatic carbocycles. The number of aryl methyl sites for hydroxylation is 1. The number of carboxylic acids is 1. The molecule has 0 aromatic heterocycles. The second-order valence-electron chi connectivity index (χ2n) is 5.58. The number of carbonyl (C=O) groups is 2. The lowest BCUT2D eigenvalue weighted by Crippen LogP contribution is -2.09. The maximum absolute atomic E-state index is 10.7. The second kappa shape index (κ2) is 8.51. The Balaban J connectivity index is 0.000000200. The first-order valence-corrected chi connectivity index (χ1v) is 7.28. The predicted octanol–water partition coefficient (Wildman–Crippen LogP) is 4.24. The number of Topliss-reactive ketones (excluding diaryl/α,β-unsaturated/α-hetero) is 1. The van der Waals surface area contributed by atoms with Crippen molar-refractivity contribution >= 4 is 11.8 Å². The van der Waals surface area contributed by atoms with E-state index in [1.54, 1.807) is 31.2 Å². The van der Waals surface area contributed by atoms with E-state index < -0.39 is 5.97 Å². The van der Waals surface area contributed by atoms with E-state index in [2.05, 4.69) is 0 Å². The van der Waals surface area contributed by atoms with Crippen LogP contribution in [0.3, 0.4) is 0 Å². The summed E-state index contributed by atoms with van der Waals surface area (Å²) in [5, 5.41) is 8.48. The van der Waals surface area contributed by atoms with Crippen molar-refractivity contribution in [3.63, 3.8) is 0 Å². The van der Waals surface area contributed by atoms with Crippen LogP contribution in [0.15, 0.2) is 24.3 Å². The monoisotopic (exact) mass is 276 g/mol. The van der Waals surface area contributed by atoms with Gasteiger partial charge in [-0.3, -0.25) is 0 Å². The molecule has 1 aromatic rings. The van der Waals surface area contributed by atoms with Crippen molar-refractivity contribution in [3.05, 3.63) is 35.4 Å². The van der Waals surface area contributed by atoms with Gasteiger partial charge in [-0.25, -0.2) is 4.79 Å². The van der Waals surface area contributed by atoms with Crippen molar-refractivity contribution in [2.45, 2.75) is 52.4 Å². The Kier molecular flexibility index (Phi) is 6.99. The van der Waals surface area contributed by atoms with Gasteiger partial charge in [-0.15, -0.1) is 0 Å². The molecule has 0 bridgehead atoms. The largest absolute Gasteiger partial charge is 0.478 e. The third kappa shape index (κ3) is 6.50. The quantitative estimate of drug-likeness (QED) is 0.898. The average Bonchev–Trinajstić information content (AvgIpc) is 2.40. The van der Waals surface area contributed by atoms with Gasteiger partial charge in [0.2, 0.25) is 0 Å². The van der Waals surface area contributed by atoms with Crippen LogP contribution in [0.25, 0.3) is 0 Å². The zero-order valence-corrected chi connectivity index (χ0v) is 12.4. The third-order valence-corrected chi connectivity index (χ3v) is 3.60. The van der Waals surface area contributed by atoms with Gasteiger partial charge in [0.1, 0.15) is 5.78 Å². The Morgan fingerprint density at radius 1 is 1.10 bits per heavy atom. The number of hydrogen-bond donors (Lipinski definition) is 1. The Hall–Kier alpha value is -1.64. The van der Waals surface area contributed by atoms with Crippen LogP contribution in [0, 0.1) is 12.8 Å². The summed E-state index contributed by atoms with van der Waals surface area (Å²) < 4.78 is 0. The third-order valence-electron chi connectivity index (χ3n) is 3.60. The van der Waals surface area contributed by atoms with E-state index in [0.717, 1.165) is 17.9 Å². The van der Waals surface area contributed by atoms with Crippen LogP contribution in [-0.2, 0) is 4.79 Å². The van der Waals surface area contributed by atoms with E-state index >= 15 is 0 Å². The van der Waals surface area contributed by atoms with E-state index in [1.807, 2.05) is 6.92 Å². The molecule has 20 heavy (non-hydrogen) atoms. The standard InChI is InChI=1S/C9H16O.C8H8O2/c1-8(10)7-9-5-3-2-4-6-9;1-6-2-4-7(5-3-6)8(9)10/h9H,2-7H2,1H3;2-5H,1H3,(H,9,10). The van der Waals surface area contributed by atoms with Crippen molar-refractivity contribution < 1.29 is 14.7 Å². The summed E-state index contributed by atoms with van der Waals surface area (Å²) in [6.07, 6.45) is 7.49. The van der Waals surface area contributed by atoms with Crippen LogP contribution >= 0.6 is 0 Å². The Morgan fingerprint density at radius 2 is 1.65 bits per heavy atom. The number of carbonyl (C=O) groups excluding carboxylic acids is 1. The molecule has 0 amide bonds. The van der Waals surface area contributed by atoms with Crippen LogP contribution in [0.4, 0.5) is 0 Å². The maximum atomic E-state index is 10.7. The molecule has 1 aliphatic rings. The molecule has 1 N–H and O–H groups in total. The van der Waals surface area contributed by atoms with E-state index in [4.69, 9.17) is 5.11 Å². The van der Waals surface area contributed by atoms with Crippen LogP contribution in [0.2, 0.25) is 0 Å². The number of benzene rings is 1. The fourth-order valence-corrected chi connectivity index (χ4v) is 2.49. The molecule has 3 heteroatoms. The van der Waals surface area contributed by atoms with Gasteiger partial charge in [-0.05, 0) is 31.9 Å². The van der Waals surface area contributed by atoms with Gasteiger partial charge in [0.25, 0.3) is 0 Å². The predicted molar refractivity (Wildman–Crippen MR) is 80.0 cm³/mol.